The number of carbonyl (C=O) groups excluding carboxylic acids is 1. The predicted octanol–water partition coefficient (Wildman–Crippen LogP) is 7.15. The highest BCUT2D eigenvalue weighted by molar-refractivity contribution is 5.97. The molecule has 4 aromatic rings. The molecule has 36 heavy (non-hydrogen) atoms. The molecule has 0 aliphatic carbocycles. The van der Waals surface area contributed by atoms with Gasteiger partial charge in [-0.05, 0) is 56.7 Å². The van der Waals surface area contributed by atoms with Crippen LogP contribution in [0.5, 0.6) is 11.5 Å². The van der Waals surface area contributed by atoms with E-state index in [4.69, 9.17) is 9.47 Å². The van der Waals surface area contributed by atoms with E-state index in [9.17, 15) is 4.79 Å². The van der Waals surface area contributed by atoms with Crippen molar-refractivity contribution in [2.45, 2.75) is 26.4 Å². The number of benzene rings is 4. The van der Waals surface area contributed by atoms with Gasteiger partial charge in [-0.1, -0.05) is 48.5 Å². The molecule has 0 amide bonds. The molecule has 0 saturated carbocycles. The van der Waals surface area contributed by atoms with Gasteiger partial charge in [-0.3, -0.25) is 0 Å². The molecule has 6 rings (SSSR count). The minimum Gasteiger partial charge on any atom is -0.456 e. The van der Waals surface area contributed by atoms with Crippen LogP contribution in [0.15, 0.2) is 84.9 Å². The van der Waals surface area contributed by atoms with Crippen LogP contribution in [0.3, 0.4) is 0 Å². The van der Waals surface area contributed by atoms with Crippen molar-refractivity contribution >= 4 is 23.0 Å². The zero-order valence-electron chi connectivity index (χ0n) is 20.7. The van der Waals surface area contributed by atoms with E-state index in [0.717, 1.165) is 52.4 Å². The van der Waals surface area contributed by atoms with Gasteiger partial charge < -0.3 is 19.7 Å². The molecule has 2 aliphatic heterocycles. The monoisotopic (exact) mass is 476 g/mol. The second-order valence-corrected chi connectivity index (χ2v) is 9.25. The number of fused-ring (bicyclic) bond motifs is 6. The number of para-hydroxylation sites is 1. The van der Waals surface area contributed by atoms with Crippen molar-refractivity contribution in [3.8, 4) is 11.5 Å². The molecular weight excluding hydrogens is 448 g/mol. The number of rotatable bonds is 5. The summed E-state index contributed by atoms with van der Waals surface area (Å²) in [6.07, 6.45) is 0. The number of nitrogens with zero attached hydrogens (tertiary/aromatic N) is 1. The number of nitrogens with one attached hydrogen (secondary N) is 1. The van der Waals surface area contributed by atoms with Gasteiger partial charge in [-0.15, -0.1) is 0 Å². The Morgan fingerprint density at radius 1 is 0.806 bits per heavy atom. The zero-order chi connectivity index (χ0) is 24.9. The number of hydrogen-bond donors (Lipinski definition) is 1. The highest BCUT2D eigenvalue weighted by atomic mass is 16.6. The summed E-state index contributed by atoms with van der Waals surface area (Å²) in [5.41, 5.74) is 6.01. The van der Waals surface area contributed by atoms with E-state index in [2.05, 4.69) is 36.2 Å². The number of anilines is 3. The first-order valence-electron chi connectivity index (χ1n) is 12.4. The van der Waals surface area contributed by atoms with Gasteiger partial charge in [0.15, 0.2) is 5.60 Å². The van der Waals surface area contributed by atoms with Gasteiger partial charge >= 0.3 is 5.97 Å². The van der Waals surface area contributed by atoms with Crippen LogP contribution in [0.4, 0.5) is 17.1 Å². The molecule has 0 radical (unpaired) electrons. The molecule has 5 heteroatoms. The summed E-state index contributed by atoms with van der Waals surface area (Å²) in [6, 6.07) is 28.0. The molecule has 5 nitrogen and oxygen atoms in total. The highest BCUT2D eigenvalue weighted by Gasteiger charge is 2.53. The van der Waals surface area contributed by atoms with Gasteiger partial charge in [0.25, 0.3) is 0 Å². The number of hydrogen-bond acceptors (Lipinski definition) is 5. The Balaban J connectivity index is 1.64. The number of ether oxygens (including phenoxy) is 2. The smallest absolute Gasteiger partial charge is 0.340 e. The van der Waals surface area contributed by atoms with Crippen LogP contribution in [0.1, 0.15) is 46.5 Å². The van der Waals surface area contributed by atoms with Crippen molar-refractivity contribution in [2.75, 3.05) is 23.3 Å². The predicted molar refractivity (Wildman–Crippen MR) is 143 cm³/mol. The third kappa shape index (κ3) is 3.27. The number of aryl methyl sites for hydroxylation is 1. The summed E-state index contributed by atoms with van der Waals surface area (Å²) in [4.78, 5) is 15.5. The first kappa shape index (κ1) is 22.2. The first-order valence-corrected chi connectivity index (χ1v) is 12.4. The molecule has 1 spiro atoms. The van der Waals surface area contributed by atoms with Gasteiger partial charge in [0.1, 0.15) is 11.5 Å². The van der Waals surface area contributed by atoms with Gasteiger partial charge in [0.05, 0.1) is 16.9 Å². The van der Waals surface area contributed by atoms with Crippen molar-refractivity contribution in [1.82, 2.24) is 0 Å². The normalized spacial score (nSPS) is 17.0. The molecule has 4 aromatic carbocycles. The van der Waals surface area contributed by atoms with Gasteiger partial charge in [-0.25, -0.2) is 4.79 Å². The Labute approximate surface area is 211 Å². The lowest BCUT2D eigenvalue weighted by molar-refractivity contribution is 0.0224. The summed E-state index contributed by atoms with van der Waals surface area (Å²) in [6.45, 7) is 8.01. The minimum absolute atomic E-state index is 0.324. The standard InChI is InChI=1S/C31H28N2O3/c1-4-33(5-2)27-19-29-25(18-26(27)32-21-11-7-6-8-12-21)31(24-16-15-20(3)17-28(24)35-29)23-14-10-9-13-22(23)30(34)36-31/h6-19,32H,4-5H2,1-3H3. The van der Waals surface area contributed by atoms with Crippen molar-refractivity contribution in [2.24, 2.45) is 0 Å². The number of carbonyl (C=O) groups is 1. The molecule has 0 fully saturated rings. The summed E-state index contributed by atoms with van der Waals surface area (Å²) < 4.78 is 12.9. The largest absolute Gasteiger partial charge is 0.456 e. The van der Waals surface area contributed by atoms with Crippen LogP contribution in [0, 0.1) is 6.92 Å². The van der Waals surface area contributed by atoms with Crippen LogP contribution in [-0.4, -0.2) is 19.1 Å². The molecule has 1 N–H and O–H groups in total. The van der Waals surface area contributed by atoms with Crippen LogP contribution in [0.25, 0.3) is 0 Å². The zero-order valence-corrected chi connectivity index (χ0v) is 20.7. The average Bonchev–Trinajstić information content (AvgIpc) is 3.19. The lowest BCUT2D eigenvalue weighted by atomic mass is 9.77. The summed E-state index contributed by atoms with van der Waals surface area (Å²) in [7, 11) is 0. The second kappa shape index (κ2) is 8.45. The maximum absolute atomic E-state index is 13.2. The fourth-order valence-corrected chi connectivity index (χ4v) is 5.42. The summed E-state index contributed by atoms with van der Waals surface area (Å²) in [5, 5.41) is 3.61. The molecule has 1 atom stereocenters. The Morgan fingerprint density at radius 3 is 2.31 bits per heavy atom. The molecule has 0 saturated heterocycles. The molecule has 0 aromatic heterocycles. The highest BCUT2D eigenvalue weighted by Crippen LogP contribution is 2.57. The lowest BCUT2D eigenvalue weighted by Crippen LogP contribution is -2.33. The van der Waals surface area contributed by atoms with Crippen molar-refractivity contribution in [3.63, 3.8) is 0 Å². The molecule has 0 bridgehead atoms. The van der Waals surface area contributed by atoms with Crippen LogP contribution >= 0.6 is 0 Å². The fourth-order valence-electron chi connectivity index (χ4n) is 5.42. The molecule has 1 unspecified atom stereocenters. The molecule has 180 valence electrons. The van der Waals surface area contributed by atoms with E-state index in [0.29, 0.717) is 17.1 Å². The first-order chi connectivity index (χ1) is 17.5. The number of esters is 1. The Kier molecular flexibility index (Phi) is 5.22. The van der Waals surface area contributed by atoms with Gasteiger partial charge in [0, 0.05) is 41.5 Å². The average molecular weight is 477 g/mol. The van der Waals surface area contributed by atoms with Crippen molar-refractivity contribution < 1.29 is 14.3 Å². The Morgan fingerprint density at radius 2 is 1.53 bits per heavy atom. The second-order valence-electron chi connectivity index (χ2n) is 9.25. The Bertz CT molecular complexity index is 1480. The third-order valence-corrected chi connectivity index (χ3v) is 7.14. The van der Waals surface area contributed by atoms with Crippen LogP contribution < -0.4 is 15.0 Å². The maximum atomic E-state index is 13.2. The van der Waals surface area contributed by atoms with E-state index < -0.39 is 5.60 Å². The Hall–Kier alpha value is -4.25. The van der Waals surface area contributed by atoms with Crippen molar-refractivity contribution in [1.29, 1.82) is 0 Å². The summed E-state index contributed by atoms with van der Waals surface area (Å²) in [5.74, 6) is 1.08. The van der Waals surface area contributed by atoms with Crippen LogP contribution in [0.2, 0.25) is 0 Å². The van der Waals surface area contributed by atoms with E-state index in [1.54, 1.807) is 0 Å². The van der Waals surface area contributed by atoms with Crippen LogP contribution in [-0.2, 0) is 10.3 Å². The summed E-state index contributed by atoms with van der Waals surface area (Å²) >= 11 is 0. The molecule has 2 heterocycles. The van der Waals surface area contributed by atoms with E-state index in [1.165, 1.54) is 0 Å². The van der Waals surface area contributed by atoms with E-state index in [1.807, 2.05) is 79.7 Å². The maximum Gasteiger partial charge on any atom is 0.340 e. The third-order valence-electron chi connectivity index (χ3n) is 7.14. The quantitative estimate of drug-likeness (QED) is 0.310. The van der Waals surface area contributed by atoms with Gasteiger partial charge in [0.2, 0.25) is 0 Å². The van der Waals surface area contributed by atoms with Gasteiger partial charge in [-0.2, -0.15) is 0 Å². The van der Waals surface area contributed by atoms with E-state index >= 15 is 0 Å². The molecular formula is C31H28N2O3. The SMILES string of the molecule is CCN(CC)c1cc2c(cc1Nc1ccccc1)C1(OC(=O)c3ccccc31)c1ccc(C)cc1O2. The molecule has 2 aliphatic rings. The minimum atomic E-state index is -1.08. The fraction of sp³-hybridized carbons (Fsp3) is 0.194. The lowest BCUT2D eigenvalue weighted by Gasteiger charge is -2.38. The van der Waals surface area contributed by atoms with E-state index in [-0.39, 0.29) is 5.97 Å². The topological polar surface area (TPSA) is 50.8 Å². The van der Waals surface area contributed by atoms with Crippen molar-refractivity contribution in [3.05, 3.63) is 113 Å².